The van der Waals surface area contributed by atoms with E-state index in [1.807, 2.05) is 19.9 Å². The summed E-state index contributed by atoms with van der Waals surface area (Å²) in [6.45, 7) is 25.5. The Hall–Kier alpha value is -1.50. The second kappa shape index (κ2) is 11.2. The quantitative estimate of drug-likeness (QED) is 0.155. The summed E-state index contributed by atoms with van der Waals surface area (Å²) in [5.74, 6) is 8.42. The smallest absolute Gasteiger partial charge is 0.206 e. The summed E-state index contributed by atoms with van der Waals surface area (Å²) in [6.07, 6.45) is 5.20. The molecule has 0 amide bonds. The van der Waals surface area contributed by atoms with Crippen LogP contribution in [0.15, 0.2) is 11.6 Å². The second-order valence-electron chi connectivity index (χ2n) is 14.7. The van der Waals surface area contributed by atoms with Gasteiger partial charge in [0.05, 0.1) is 6.61 Å². The molecule has 10 heteroatoms. The zero-order valence-electron chi connectivity index (χ0n) is 27.2. The van der Waals surface area contributed by atoms with Gasteiger partial charge in [-0.2, -0.15) is 5.26 Å². The summed E-state index contributed by atoms with van der Waals surface area (Å²) in [7, 11) is -3.40. The predicted molar refractivity (Wildman–Crippen MR) is 163 cm³/mol. The van der Waals surface area contributed by atoms with Gasteiger partial charge in [-0.25, -0.2) is 0 Å². The second-order valence-corrected chi connectivity index (χ2v) is 24.1. The van der Waals surface area contributed by atoms with Gasteiger partial charge in [0.2, 0.25) is 5.60 Å². The van der Waals surface area contributed by atoms with Gasteiger partial charge < -0.3 is 32.5 Å². The molecule has 1 aliphatic carbocycles. The maximum atomic E-state index is 11.0. The van der Waals surface area contributed by atoms with Gasteiger partial charge in [-0.15, -0.1) is 6.42 Å². The lowest BCUT2D eigenvalue weighted by molar-refractivity contribution is -0.143. The molecule has 0 saturated carbocycles. The molecule has 228 valence electrons. The third-order valence-electron chi connectivity index (χ3n) is 9.10. The number of epoxide rings is 1. The lowest BCUT2D eigenvalue weighted by Gasteiger charge is -2.47. The van der Waals surface area contributed by atoms with Crippen molar-refractivity contribution in [2.75, 3.05) is 20.5 Å². The van der Waals surface area contributed by atoms with Crippen LogP contribution in [0, 0.1) is 35.5 Å². The third-order valence-corrected chi connectivity index (χ3v) is 18.0. The SMILES string of the molecule is C#C[C@H]1O[C@]1(C#CC1=C[C@@H](OCOC)[C@H](O[Si](C)(C)C(C)(C)C)[C@@]1(C#N)O[Si](C)(C)C(C)(C)C)[C@H]1COC(C)(C)O1. The molecule has 2 heterocycles. The van der Waals surface area contributed by atoms with Crippen molar-refractivity contribution in [3.8, 4) is 30.3 Å². The van der Waals surface area contributed by atoms with Gasteiger partial charge in [-0.1, -0.05) is 59.3 Å². The Kier molecular flexibility index (Phi) is 9.30. The molecule has 0 bridgehead atoms. The molecule has 0 aromatic heterocycles. The fourth-order valence-corrected chi connectivity index (χ4v) is 7.11. The highest BCUT2D eigenvalue weighted by Crippen LogP contribution is 2.49. The maximum Gasteiger partial charge on any atom is 0.206 e. The van der Waals surface area contributed by atoms with E-state index in [2.05, 4.69) is 91.6 Å². The van der Waals surface area contributed by atoms with Crippen molar-refractivity contribution in [3.63, 3.8) is 0 Å². The molecule has 6 atom stereocenters. The fraction of sp³-hybridized carbons (Fsp3) is 0.774. The number of hydrogen-bond acceptors (Lipinski definition) is 8. The van der Waals surface area contributed by atoms with Crippen LogP contribution in [0.3, 0.4) is 0 Å². The minimum absolute atomic E-state index is 0.0232. The van der Waals surface area contributed by atoms with Crippen molar-refractivity contribution in [2.24, 2.45) is 0 Å². The van der Waals surface area contributed by atoms with Gasteiger partial charge >= 0.3 is 0 Å². The van der Waals surface area contributed by atoms with Crippen LogP contribution >= 0.6 is 0 Å². The van der Waals surface area contributed by atoms with Crippen LogP contribution < -0.4 is 0 Å². The van der Waals surface area contributed by atoms with Crippen molar-refractivity contribution in [2.45, 2.75) is 133 Å². The summed E-state index contributed by atoms with van der Waals surface area (Å²) in [5.41, 5.74) is -2.10. The molecule has 2 saturated heterocycles. The number of terminal acetylenes is 1. The molecule has 3 rings (SSSR count). The van der Waals surface area contributed by atoms with Crippen LogP contribution in [0.1, 0.15) is 55.4 Å². The molecule has 2 fully saturated rings. The van der Waals surface area contributed by atoms with Gasteiger partial charge in [0, 0.05) is 12.7 Å². The number of rotatable bonds is 8. The Balaban J connectivity index is 2.18. The fourth-order valence-electron chi connectivity index (χ4n) is 4.44. The van der Waals surface area contributed by atoms with E-state index >= 15 is 0 Å². The normalized spacial score (nSPS) is 33.4. The van der Waals surface area contributed by atoms with Crippen molar-refractivity contribution < 1.29 is 32.5 Å². The van der Waals surface area contributed by atoms with Crippen LogP contribution in [-0.2, 0) is 32.5 Å². The summed E-state index contributed by atoms with van der Waals surface area (Å²) >= 11 is 0. The molecule has 2 aliphatic heterocycles. The Morgan fingerprint density at radius 2 is 1.66 bits per heavy atom. The van der Waals surface area contributed by atoms with Crippen molar-refractivity contribution >= 4 is 16.6 Å². The average Bonchev–Trinajstić information content (AvgIpc) is 3.34. The highest BCUT2D eigenvalue weighted by atomic mass is 28.4. The van der Waals surface area contributed by atoms with E-state index in [4.69, 9.17) is 39.0 Å². The number of hydrogen-bond donors (Lipinski definition) is 0. The van der Waals surface area contributed by atoms with Gasteiger partial charge in [0.15, 0.2) is 34.1 Å². The van der Waals surface area contributed by atoms with Gasteiger partial charge in [-0.05, 0) is 56.2 Å². The first-order valence-corrected chi connectivity index (χ1v) is 20.0. The van der Waals surface area contributed by atoms with E-state index in [0.29, 0.717) is 12.2 Å². The third kappa shape index (κ3) is 6.55. The van der Waals surface area contributed by atoms with E-state index in [-0.39, 0.29) is 16.9 Å². The maximum absolute atomic E-state index is 11.0. The molecule has 0 unspecified atom stereocenters. The topological polar surface area (TPSA) is 91.7 Å². The van der Waals surface area contributed by atoms with Gasteiger partial charge in [0.25, 0.3) is 0 Å². The van der Waals surface area contributed by atoms with E-state index in [1.165, 1.54) is 0 Å². The number of nitrogens with zero attached hydrogens (tertiary/aromatic N) is 1. The molecule has 0 aromatic carbocycles. The number of ether oxygens (including phenoxy) is 5. The lowest BCUT2D eigenvalue weighted by Crippen LogP contribution is -2.60. The highest BCUT2D eigenvalue weighted by Gasteiger charge is 2.65. The molecule has 0 N–H and O–H groups in total. The zero-order valence-corrected chi connectivity index (χ0v) is 29.2. The van der Waals surface area contributed by atoms with Crippen LogP contribution in [0.2, 0.25) is 36.3 Å². The van der Waals surface area contributed by atoms with Gasteiger partial charge in [-0.3, -0.25) is 0 Å². The molecular formula is C31H49NO7Si2. The van der Waals surface area contributed by atoms with Crippen LogP contribution in [-0.4, -0.2) is 78.5 Å². The van der Waals surface area contributed by atoms with E-state index in [9.17, 15) is 5.26 Å². The molecule has 0 aromatic rings. The van der Waals surface area contributed by atoms with Crippen molar-refractivity contribution in [3.05, 3.63) is 11.6 Å². The predicted octanol–water partition coefficient (Wildman–Crippen LogP) is 5.52. The lowest BCUT2D eigenvalue weighted by atomic mass is 9.93. The monoisotopic (exact) mass is 603 g/mol. The minimum atomic E-state index is -2.54. The number of methoxy groups -OCH3 is 1. The standard InChI is InChI=1S/C31H49NO7Si2/c1-15-24-30(37-24,25-19-35-29(8,9)36-25)17-16-22-18-23(34-21-33-10)26(38-40(11,12)27(2,3)4)31(22,20-32)39-41(13,14)28(5,6)7/h1,18,23-26H,19,21H2,2-14H3/t23-,24-,25-,26+,30+,31+/m1/s1. The summed E-state index contributed by atoms with van der Waals surface area (Å²) < 4.78 is 43.3. The van der Waals surface area contributed by atoms with Crippen LogP contribution in [0.5, 0.6) is 0 Å². The highest BCUT2D eigenvalue weighted by molar-refractivity contribution is 6.74. The Morgan fingerprint density at radius 3 is 2.10 bits per heavy atom. The first kappa shape index (κ1) is 34.0. The van der Waals surface area contributed by atoms with Crippen molar-refractivity contribution in [1.82, 2.24) is 0 Å². The Morgan fingerprint density at radius 1 is 1.05 bits per heavy atom. The zero-order chi connectivity index (χ0) is 31.3. The molecule has 8 nitrogen and oxygen atoms in total. The van der Waals surface area contributed by atoms with Crippen LogP contribution in [0.4, 0.5) is 0 Å². The number of nitriles is 1. The Labute approximate surface area is 249 Å². The van der Waals surface area contributed by atoms with E-state index < -0.39 is 58.0 Å². The van der Waals surface area contributed by atoms with E-state index in [1.54, 1.807) is 7.11 Å². The molecule has 0 spiro atoms. The van der Waals surface area contributed by atoms with Gasteiger partial charge in [0.1, 0.15) is 31.2 Å². The summed E-state index contributed by atoms with van der Waals surface area (Å²) in [4.78, 5) is 0. The van der Waals surface area contributed by atoms with Crippen LogP contribution in [0.25, 0.3) is 0 Å². The molecule has 3 aliphatic rings. The average molecular weight is 604 g/mol. The molecule has 41 heavy (non-hydrogen) atoms. The first-order valence-electron chi connectivity index (χ1n) is 14.2. The largest absolute Gasteiger partial charge is 0.406 e. The first-order chi connectivity index (χ1) is 18.6. The molecular weight excluding hydrogens is 555 g/mol. The summed E-state index contributed by atoms with van der Waals surface area (Å²) in [6, 6.07) is 2.53. The van der Waals surface area contributed by atoms with E-state index in [0.717, 1.165) is 0 Å². The van der Waals surface area contributed by atoms with Crippen molar-refractivity contribution in [1.29, 1.82) is 5.26 Å². The molecule has 0 radical (unpaired) electrons. The minimum Gasteiger partial charge on any atom is -0.406 e. The Bertz CT molecular complexity index is 1170. The summed E-state index contributed by atoms with van der Waals surface area (Å²) in [5, 5.41) is 10.7.